The summed E-state index contributed by atoms with van der Waals surface area (Å²) in [5.41, 5.74) is 0. The molecule has 0 aromatic carbocycles. The van der Waals surface area contributed by atoms with E-state index >= 15 is 0 Å². The van der Waals surface area contributed by atoms with Crippen molar-refractivity contribution in [2.45, 2.75) is 6.42 Å². The highest BCUT2D eigenvalue weighted by Gasteiger charge is 2.16. The molecule has 0 unspecified atom stereocenters. The number of carbonyl (C=O) groups is 1. The zero-order valence-corrected chi connectivity index (χ0v) is 7.09. The van der Waals surface area contributed by atoms with Crippen molar-refractivity contribution < 1.29 is 4.79 Å². The van der Waals surface area contributed by atoms with Gasteiger partial charge in [-0.25, -0.2) is 0 Å². The second-order valence-corrected chi connectivity index (χ2v) is 3.12. The molecule has 1 rings (SSSR count). The van der Waals surface area contributed by atoms with E-state index in [-0.39, 0.29) is 17.2 Å². The smallest absolute Gasteiger partial charge is 0.179 e. The van der Waals surface area contributed by atoms with Crippen LogP contribution in [0.5, 0.6) is 0 Å². The van der Waals surface area contributed by atoms with Crippen LogP contribution in [0.2, 0.25) is 0 Å². The lowest BCUT2D eigenvalue weighted by Gasteiger charge is -2.05. The standard InChI is InChI=1S/C6H3Cl3O/c7-3-1-5(9)6(10)2-4(3)8/h1H,2H2. The van der Waals surface area contributed by atoms with E-state index in [1.54, 1.807) is 0 Å². The Labute approximate surface area is 73.3 Å². The predicted molar refractivity (Wildman–Crippen MR) is 42.3 cm³/mol. The van der Waals surface area contributed by atoms with Gasteiger partial charge in [0.05, 0.1) is 10.1 Å². The maximum absolute atomic E-state index is 10.8. The van der Waals surface area contributed by atoms with Gasteiger partial charge in [0.15, 0.2) is 5.78 Å². The molecule has 0 N–H and O–H groups in total. The second-order valence-electron chi connectivity index (χ2n) is 1.85. The van der Waals surface area contributed by atoms with Crippen molar-refractivity contribution >= 4 is 40.6 Å². The molecule has 0 amide bonds. The maximum atomic E-state index is 10.8. The molecule has 0 radical (unpaired) electrons. The largest absolute Gasteiger partial charge is 0.293 e. The third kappa shape index (κ3) is 1.54. The van der Waals surface area contributed by atoms with Crippen molar-refractivity contribution in [3.8, 4) is 0 Å². The van der Waals surface area contributed by atoms with Crippen molar-refractivity contribution in [1.29, 1.82) is 0 Å². The van der Waals surface area contributed by atoms with E-state index in [0.29, 0.717) is 10.1 Å². The van der Waals surface area contributed by atoms with Gasteiger partial charge in [0, 0.05) is 11.5 Å². The molecule has 0 atom stereocenters. The van der Waals surface area contributed by atoms with Crippen LogP contribution in [0.25, 0.3) is 0 Å². The van der Waals surface area contributed by atoms with Crippen molar-refractivity contribution in [3.63, 3.8) is 0 Å². The van der Waals surface area contributed by atoms with Crippen LogP contribution in [0.15, 0.2) is 21.2 Å². The van der Waals surface area contributed by atoms with E-state index in [0.717, 1.165) is 0 Å². The number of Topliss-reactive ketones (excluding diaryl/α,β-unsaturated/α-hetero) is 1. The number of rotatable bonds is 0. The Morgan fingerprint density at radius 2 is 1.90 bits per heavy atom. The average Bonchev–Trinajstić information content (AvgIpc) is 1.84. The van der Waals surface area contributed by atoms with Gasteiger partial charge in [-0.15, -0.1) is 0 Å². The highest BCUT2D eigenvalue weighted by molar-refractivity contribution is 6.48. The molecule has 0 saturated carbocycles. The number of hydrogen-bond acceptors (Lipinski definition) is 1. The zero-order valence-electron chi connectivity index (χ0n) is 4.83. The van der Waals surface area contributed by atoms with Crippen LogP contribution in [0.1, 0.15) is 6.42 Å². The predicted octanol–water partition coefficient (Wildman–Crippen LogP) is 2.77. The topological polar surface area (TPSA) is 17.1 Å². The Kier molecular flexibility index (Phi) is 2.40. The molecule has 1 nitrogen and oxygen atoms in total. The molecule has 0 aromatic heterocycles. The highest BCUT2D eigenvalue weighted by Crippen LogP contribution is 2.27. The number of halogens is 3. The minimum absolute atomic E-state index is 0.121. The first-order chi connectivity index (χ1) is 4.61. The Hall–Kier alpha value is 0.0200. The summed E-state index contributed by atoms with van der Waals surface area (Å²) in [5, 5.41) is 0.858. The van der Waals surface area contributed by atoms with E-state index in [1.807, 2.05) is 0 Å². The monoisotopic (exact) mass is 196 g/mol. The Bertz CT molecular complexity index is 239. The summed E-state index contributed by atoms with van der Waals surface area (Å²) in [6.07, 6.45) is 1.48. The van der Waals surface area contributed by atoms with Crippen LogP contribution in [0.4, 0.5) is 0 Å². The van der Waals surface area contributed by atoms with Gasteiger partial charge >= 0.3 is 0 Å². The fraction of sp³-hybridized carbons (Fsp3) is 0.167. The Morgan fingerprint density at radius 3 is 2.40 bits per heavy atom. The van der Waals surface area contributed by atoms with E-state index in [4.69, 9.17) is 34.8 Å². The summed E-state index contributed by atoms with van der Waals surface area (Å²) in [6.45, 7) is 0. The lowest BCUT2D eigenvalue weighted by molar-refractivity contribution is -0.114. The van der Waals surface area contributed by atoms with Crippen LogP contribution in [0, 0.1) is 0 Å². The third-order valence-corrected chi connectivity index (χ3v) is 2.19. The second kappa shape index (κ2) is 2.95. The molecule has 0 saturated heterocycles. The SMILES string of the molecule is O=C1CC(Cl)=C(Cl)C=C1Cl. The minimum atomic E-state index is -0.184. The quantitative estimate of drug-likeness (QED) is 0.584. The number of carbonyl (C=O) groups excluding carboxylic acids is 1. The number of ketones is 1. The fourth-order valence-corrected chi connectivity index (χ4v) is 1.16. The van der Waals surface area contributed by atoms with Crippen LogP contribution in [0.3, 0.4) is 0 Å². The highest BCUT2D eigenvalue weighted by atomic mass is 35.5. The number of hydrogen-bond donors (Lipinski definition) is 0. The summed E-state index contributed by atoms with van der Waals surface area (Å²) >= 11 is 16.6. The van der Waals surface area contributed by atoms with Gasteiger partial charge in [-0.3, -0.25) is 4.79 Å². The summed E-state index contributed by atoms with van der Waals surface area (Å²) in [5.74, 6) is -0.184. The Balaban J connectivity index is 2.99. The summed E-state index contributed by atoms with van der Waals surface area (Å²) in [6, 6.07) is 0. The lowest BCUT2D eigenvalue weighted by atomic mass is 10.2. The van der Waals surface area contributed by atoms with Crippen LogP contribution in [-0.4, -0.2) is 5.78 Å². The molecule has 0 aliphatic heterocycles. The van der Waals surface area contributed by atoms with Crippen LogP contribution >= 0.6 is 34.8 Å². The first kappa shape index (κ1) is 8.12. The summed E-state index contributed by atoms with van der Waals surface area (Å²) < 4.78 is 0. The number of allylic oxidation sites excluding steroid dienone is 4. The van der Waals surface area contributed by atoms with Crippen molar-refractivity contribution in [2.75, 3.05) is 0 Å². The molecule has 1 aliphatic rings. The van der Waals surface area contributed by atoms with Crippen molar-refractivity contribution in [3.05, 3.63) is 21.2 Å². The maximum Gasteiger partial charge on any atom is 0.179 e. The molecule has 10 heavy (non-hydrogen) atoms. The first-order valence-corrected chi connectivity index (χ1v) is 3.69. The van der Waals surface area contributed by atoms with E-state index < -0.39 is 0 Å². The lowest BCUT2D eigenvalue weighted by Crippen LogP contribution is -2.02. The molecule has 4 heteroatoms. The van der Waals surface area contributed by atoms with E-state index in [1.165, 1.54) is 6.08 Å². The summed E-state index contributed by atoms with van der Waals surface area (Å²) in [7, 11) is 0. The molecule has 0 bridgehead atoms. The fourth-order valence-electron chi connectivity index (χ4n) is 0.580. The van der Waals surface area contributed by atoms with Crippen LogP contribution < -0.4 is 0 Å². The molecule has 54 valence electrons. The molecule has 0 aromatic rings. The molecule has 0 fully saturated rings. The molecule has 1 aliphatic carbocycles. The van der Waals surface area contributed by atoms with Gasteiger partial charge in [0.1, 0.15) is 0 Å². The molecule has 0 spiro atoms. The van der Waals surface area contributed by atoms with E-state index in [2.05, 4.69) is 0 Å². The van der Waals surface area contributed by atoms with Crippen LogP contribution in [-0.2, 0) is 4.79 Å². The molecular formula is C6H3Cl3O. The van der Waals surface area contributed by atoms with Gasteiger partial charge in [-0.2, -0.15) is 0 Å². The normalized spacial score (nSPS) is 19.5. The van der Waals surface area contributed by atoms with Gasteiger partial charge in [-0.05, 0) is 6.08 Å². The van der Waals surface area contributed by atoms with Crippen molar-refractivity contribution in [1.82, 2.24) is 0 Å². The molecular weight excluding hydrogens is 194 g/mol. The molecule has 0 heterocycles. The zero-order chi connectivity index (χ0) is 7.72. The minimum Gasteiger partial charge on any atom is -0.293 e. The van der Waals surface area contributed by atoms with Gasteiger partial charge in [0.25, 0.3) is 0 Å². The third-order valence-electron chi connectivity index (χ3n) is 1.09. The summed E-state index contributed by atoms with van der Waals surface area (Å²) in [4.78, 5) is 10.8. The van der Waals surface area contributed by atoms with Gasteiger partial charge < -0.3 is 0 Å². The Morgan fingerprint density at radius 1 is 1.30 bits per heavy atom. The van der Waals surface area contributed by atoms with Gasteiger partial charge in [0.2, 0.25) is 0 Å². The van der Waals surface area contributed by atoms with E-state index in [9.17, 15) is 4.79 Å². The van der Waals surface area contributed by atoms with Crippen molar-refractivity contribution in [2.24, 2.45) is 0 Å². The van der Waals surface area contributed by atoms with Gasteiger partial charge in [-0.1, -0.05) is 34.8 Å². The first-order valence-electron chi connectivity index (χ1n) is 2.56. The average molecular weight is 197 g/mol.